The Bertz CT molecular complexity index is 489. The fourth-order valence-electron chi connectivity index (χ4n) is 2.23. The van der Waals surface area contributed by atoms with Crippen LogP contribution in [-0.2, 0) is 9.53 Å². The van der Waals surface area contributed by atoms with E-state index in [4.69, 9.17) is 9.84 Å². The lowest BCUT2D eigenvalue weighted by molar-refractivity contribution is -0.129. The molecule has 0 radical (unpaired) electrons. The van der Waals surface area contributed by atoms with Crippen molar-refractivity contribution in [3.8, 4) is 0 Å². The van der Waals surface area contributed by atoms with Gasteiger partial charge in [-0.3, -0.25) is 5.43 Å². The van der Waals surface area contributed by atoms with Gasteiger partial charge in [0.2, 0.25) is 5.84 Å². The van der Waals surface area contributed by atoms with E-state index < -0.39 is 5.97 Å². The number of aliphatic imine (C=N–C) groups is 1. The molecule has 18 heavy (non-hydrogen) atoms. The van der Waals surface area contributed by atoms with Crippen LogP contribution in [0.1, 0.15) is 11.7 Å². The number of carboxylic acids is 1. The van der Waals surface area contributed by atoms with Gasteiger partial charge in [-0.25, -0.2) is 9.79 Å². The molecular formula is C12H13N3O3. The van der Waals surface area contributed by atoms with E-state index >= 15 is 0 Å². The van der Waals surface area contributed by atoms with Crippen LogP contribution in [0.5, 0.6) is 0 Å². The molecule has 2 atom stereocenters. The number of nitrogens with zero attached hydrogens (tertiary/aromatic N) is 2. The molecule has 2 unspecified atom stereocenters. The molecule has 2 aliphatic heterocycles. The second-order valence-corrected chi connectivity index (χ2v) is 4.20. The summed E-state index contributed by atoms with van der Waals surface area (Å²) in [7, 11) is 0. The van der Waals surface area contributed by atoms with Crippen molar-refractivity contribution in [2.24, 2.45) is 4.99 Å². The van der Waals surface area contributed by atoms with Crippen molar-refractivity contribution in [3.63, 3.8) is 0 Å². The van der Waals surface area contributed by atoms with Crippen molar-refractivity contribution < 1.29 is 14.6 Å². The molecule has 0 aliphatic carbocycles. The first-order valence-corrected chi connectivity index (χ1v) is 5.76. The second kappa shape index (κ2) is 4.40. The number of ether oxygens (including phenoxy) is 1. The number of hydrogen-bond acceptors (Lipinski definition) is 5. The van der Waals surface area contributed by atoms with E-state index in [1.165, 1.54) is 0 Å². The minimum absolute atomic E-state index is 0.0218. The maximum absolute atomic E-state index is 10.9. The van der Waals surface area contributed by atoms with Crippen molar-refractivity contribution in [2.45, 2.75) is 12.3 Å². The van der Waals surface area contributed by atoms with E-state index in [9.17, 15) is 4.79 Å². The van der Waals surface area contributed by atoms with Crippen molar-refractivity contribution in [2.75, 3.05) is 13.2 Å². The van der Waals surface area contributed by atoms with Crippen LogP contribution in [0.15, 0.2) is 35.3 Å². The van der Waals surface area contributed by atoms with Crippen molar-refractivity contribution in [3.05, 3.63) is 35.9 Å². The number of hydrogen-bond donors (Lipinski definition) is 2. The maximum atomic E-state index is 10.9. The molecule has 0 spiro atoms. The first-order valence-electron chi connectivity index (χ1n) is 5.76. The number of hydrazine groups is 1. The van der Waals surface area contributed by atoms with Crippen molar-refractivity contribution in [1.29, 1.82) is 0 Å². The molecule has 94 valence electrons. The molecule has 0 amide bonds. The molecule has 2 aliphatic rings. The van der Waals surface area contributed by atoms with Crippen LogP contribution in [0.2, 0.25) is 0 Å². The minimum atomic E-state index is -1.05. The monoisotopic (exact) mass is 247 g/mol. The molecule has 3 rings (SSSR count). The number of rotatable bonds is 2. The first-order chi connectivity index (χ1) is 8.75. The van der Waals surface area contributed by atoms with Gasteiger partial charge in [-0.2, -0.15) is 5.01 Å². The van der Waals surface area contributed by atoms with Gasteiger partial charge in [0.1, 0.15) is 6.10 Å². The zero-order valence-corrected chi connectivity index (χ0v) is 9.61. The van der Waals surface area contributed by atoms with Gasteiger partial charge in [-0.1, -0.05) is 30.3 Å². The Balaban J connectivity index is 1.89. The molecule has 1 aromatic carbocycles. The number of carboxylic acid groups (broad SMARTS) is 1. The highest BCUT2D eigenvalue weighted by atomic mass is 16.5. The molecule has 1 aromatic rings. The highest BCUT2D eigenvalue weighted by molar-refractivity contribution is 6.34. The molecule has 2 N–H and O–H groups in total. The summed E-state index contributed by atoms with van der Waals surface area (Å²) in [6.45, 7) is 1.17. The van der Waals surface area contributed by atoms with Crippen molar-refractivity contribution in [1.82, 2.24) is 10.4 Å². The van der Waals surface area contributed by atoms with Crippen LogP contribution < -0.4 is 5.43 Å². The Hall–Kier alpha value is -1.92. The molecule has 0 bridgehead atoms. The van der Waals surface area contributed by atoms with Crippen LogP contribution in [0.3, 0.4) is 0 Å². The van der Waals surface area contributed by atoms with Gasteiger partial charge in [0.15, 0.2) is 6.17 Å². The third-order valence-corrected chi connectivity index (χ3v) is 3.06. The van der Waals surface area contributed by atoms with Gasteiger partial charge in [-0.05, 0) is 5.56 Å². The SMILES string of the molecule is O=C(O)C1=NC2C(c3ccccc3)OCCN2N1. The molecule has 6 heteroatoms. The predicted octanol–water partition coefficient (Wildman–Crippen LogP) is 0.387. The second-order valence-electron chi connectivity index (χ2n) is 4.20. The number of benzene rings is 1. The number of carbonyl (C=O) groups is 1. The van der Waals surface area contributed by atoms with Crippen LogP contribution in [0.4, 0.5) is 0 Å². The van der Waals surface area contributed by atoms with E-state index in [-0.39, 0.29) is 18.1 Å². The van der Waals surface area contributed by atoms with E-state index in [1.807, 2.05) is 35.3 Å². The Kier molecular flexibility index (Phi) is 2.73. The summed E-state index contributed by atoms with van der Waals surface area (Å²) in [5.41, 5.74) is 3.80. The quantitative estimate of drug-likeness (QED) is 0.790. The van der Waals surface area contributed by atoms with E-state index in [0.29, 0.717) is 13.2 Å². The molecule has 0 saturated carbocycles. The minimum Gasteiger partial charge on any atom is -0.475 e. The number of nitrogens with one attached hydrogen (secondary N) is 1. The lowest BCUT2D eigenvalue weighted by Crippen LogP contribution is -2.50. The molecular weight excluding hydrogens is 234 g/mol. The zero-order valence-electron chi connectivity index (χ0n) is 9.61. The van der Waals surface area contributed by atoms with Gasteiger partial charge in [-0.15, -0.1) is 0 Å². The third kappa shape index (κ3) is 1.85. The standard InChI is InChI=1S/C12H13N3O3/c16-12(17)10-13-11-9(8-4-2-1-3-5-8)18-7-6-15(11)14-10/h1-5,9,11H,6-7H2,(H,13,14)(H,16,17). The van der Waals surface area contributed by atoms with Gasteiger partial charge in [0, 0.05) is 6.54 Å². The van der Waals surface area contributed by atoms with E-state index in [1.54, 1.807) is 0 Å². The molecule has 6 nitrogen and oxygen atoms in total. The summed E-state index contributed by atoms with van der Waals surface area (Å²) in [6, 6.07) is 9.72. The molecule has 1 saturated heterocycles. The normalized spacial score (nSPS) is 27.2. The number of morpholine rings is 1. The third-order valence-electron chi connectivity index (χ3n) is 3.06. The lowest BCUT2D eigenvalue weighted by Gasteiger charge is -2.34. The van der Waals surface area contributed by atoms with Crippen LogP contribution in [0.25, 0.3) is 0 Å². The van der Waals surface area contributed by atoms with Gasteiger partial charge in [0.05, 0.1) is 6.61 Å². The van der Waals surface area contributed by atoms with Crippen LogP contribution in [-0.4, -0.2) is 41.2 Å². The Morgan fingerprint density at radius 1 is 1.44 bits per heavy atom. The highest BCUT2D eigenvalue weighted by Crippen LogP contribution is 2.30. The predicted molar refractivity (Wildman–Crippen MR) is 63.8 cm³/mol. The summed E-state index contributed by atoms with van der Waals surface area (Å²) in [6.07, 6.45) is -0.545. The highest BCUT2D eigenvalue weighted by Gasteiger charge is 2.39. The molecule has 1 fully saturated rings. The van der Waals surface area contributed by atoms with Crippen LogP contribution >= 0.6 is 0 Å². The first kappa shape index (κ1) is 11.2. The Morgan fingerprint density at radius 2 is 2.22 bits per heavy atom. The van der Waals surface area contributed by atoms with Gasteiger partial charge < -0.3 is 9.84 Å². The topological polar surface area (TPSA) is 74.2 Å². The zero-order chi connectivity index (χ0) is 12.5. The average Bonchev–Trinajstić information content (AvgIpc) is 2.83. The number of fused-ring (bicyclic) bond motifs is 1. The summed E-state index contributed by atoms with van der Waals surface area (Å²) in [4.78, 5) is 15.1. The Morgan fingerprint density at radius 3 is 2.94 bits per heavy atom. The fourth-order valence-corrected chi connectivity index (χ4v) is 2.23. The van der Waals surface area contributed by atoms with Crippen molar-refractivity contribution >= 4 is 11.8 Å². The van der Waals surface area contributed by atoms with Gasteiger partial charge >= 0.3 is 5.97 Å². The fraction of sp³-hybridized carbons (Fsp3) is 0.333. The maximum Gasteiger partial charge on any atom is 0.372 e. The van der Waals surface area contributed by atoms with E-state index in [2.05, 4.69) is 10.4 Å². The largest absolute Gasteiger partial charge is 0.475 e. The lowest BCUT2D eigenvalue weighted by atomic mass is 10.1. The summed E-state index contributed by atoms with van der Waals surface area (Å²) in [5, 5.41) is 10.8. The van der Waals surface area contributed by atoms with Gasteiger partial charge in [0.25, 0.3) is 0 Å². The average molecular weight is 247 g/mol. The number of amidine groups is 1. The van der Waals surface area contributed by atoms with Crippen LogP contribution in [0, 0.1) is 0 Å². The number of aliphatic carboxylic acids is 1. The summed E-state index contributed by atoms with van der Waals surface area (Å²) >= 11 is 0. The Labute approximate surface area is 104 Å². The summed E-state index contributed by atoms with van der Waals surface area (Å²) in [5.74, 6) is -1.07. The molecule has 0 aromatic heterocycles. The molecule has 2 heterocycles. The summed E-state index contributed by atoms with van der Waals surface area (Å²) < 4.78 is 5.72. The van der Waals surface area contributed by atoms with E-state index in [0.717, 1.165) is 5.56 Å². The smallest absolute Gasteiger partial charge is 0.372 e.